The minimum Gasteiger partial charge on any atom is -0.491 e. The van der Waals surface area contributed by atoms with E-state index in [2.05, 4.69) is 6.92 Å². The lowest BCUT2D eigenvalue weighted by molar-refractivity contribution is -0.140. The number of hydrogen-bond donors (Lipinski definition) is 0. The molecule has 0 heterocycles. The highest BCUT2D eigenvalue weighted by atomic mass is 19.4. The van der Waals surface area contributed by atoms with Crippen LogP contribution in [0.2, 0.25) is 0 Å². The van der Waals surface area contributed by atoms with E-state index in [1.165, 1.54) is 89.2 Å². The Morgan fingerprint density at radius 1 is 0.771 bits per heavy atom. The van der Waals surface area contributed by atoms with Crippen molar-refractivity contribution in [3.8, 4) is 5.75 Å². The Labute approximate surface area is 210 Å². The first-order valence-corrected chi connectivity index (χ1v) is 14.3. The average Bonchev–Trinajstić information content (AvgIpc) is 2.84. The van der Waals surface area contributed by atoms with Gasteiger partial charge in [-0.3, -0.25) is 0 Å². The first kappa shape index (κ1) is 28.3. The molecule has 1 nitrogen and oxygen atoms in total. The molecular weight excluding hydrogens is 452 g/mol. The molecule has 3 rings (SSSR count). The fraction of sp³-hybridized carbons (Fsp3) is 0.800. The number of halogens is 4. The molecule has 0 unspecified atom stereocenters. The number of unbranched alkanes of at least 4 members (excludes halogenated alkanes) is 3. The van der Waals surface area contributed by atoms with Crippen molar-refractivity contribution in [3.63, 3.8) is 0 Å². The quantitative estimate of drug-likeness (QED) is 0.206. The molecule has 5 heteroatoms. The third kappa shape index (κ3) is 8.39. The molecule has 0 bridgehead atoms. The summed E-state index contributed by atoms with van der Waals surface area (Å²) in [5, 5.41) is 0. The first-order valence-electron chi connectivity index (χ1n) is 14.3. The Morgan fingerprint density at radius 3 is 1.80 bits per heavy atom. The number of rotatable bonds is 12. The molecule has 2 aliphatic carbocycles. The molecule has 0 spiro atoms. The van der Waals surface area contributed by atoms with Crippen molar-refractivity contribution in [3.05, 3.63) is 29.1 Å². The van der Waals surface area contributed by atoms with Crippen molar-refractivity contribution in [1.29, 1.82) is 0 Å². The maximum atomic E-state index is 14.5. The summed E-state index contributed by atoms with van der Waals surface area (Å²) in [5.41, 5.74) is -1.10. The molecule has 1 aromatic rings. The zero-order valence-corrected chi connectivity index (χ0v) is 21.9. The van der Waals surface area contributed by atoms with Gasteiger partial charge in [-0.1, -0.05) is 77.2 Å². The summed E-state index contributed by atoms with van der Waals surface area (Å²) < 4.78 is 60.0. The molecule has 0 aromatic heterocycles. The van der Waals surface area contributed by atoms with Crippen molar-refractivity contribution in [2.75, 3.05) is 6.61 Å². The van der Waals surface area contributed by atoms with Crippen LogP contribution in [0.15, 0.2) is 12.1 Å². The maximum absolute atomic E-state index is 14.5. The summed E-state index contributed by atoms with van der Waals surface area (Å²) in [6.45, 7) is 4.05. The molecule has 200 valence electrons. The molecule has 2 saturated carbocycles. The summed E-state index contributed by atoms with van der Waals surface area (Å²) in [5.74, 6) is 1.90. The van der Waals surface area contributed by atoms with Gasteiger partial charge >= 0.3 is 6.18 Å². The van der Waals surface area contributed by atoms with Crippen LogP contribution in [0.4, 0.5) is 17.6 Å². The third-order valence-electron chi connectivity index (χ3n) is 8.75. The number of aryl methyl sites for hydroxylation is 1. The van der Waals surface area contributed by atoms with E-state index >= 15 is 0 Å². The van der Waals surface area contributed by atoms with Gasteiger partial charge in [0.1, 0.15) is 0 Å². The fourth-order valence-corrected chi connectivity index (χ4v) is 6.71. The predicted molar refractivity (Wildman–Crippen MR) is 135 cm³/mol. The van der Waals surface area contributed by atoms with Crippen molar-refractivity contribution < 1.29 is 22.3 Å². The van der Waals surface area contributed by atoms with Crippen LogP contribution < -0.4 is 4.74 Å². The van der Waals surface area contributed by atoms with Crippen LogP contribution in [0.1, 0.15) is 121 Å². The largest absolute Gasteiger partial charge is 0.491 e. The van der Waals surface area contributed by atoms with Gasteiger partial charge in [0.25, 0.3) is 0 Å². The highest BCUT2D eigenvalue weighted by Gasteiger charge is 2.38. The number of ether oxygens (including phenoxy) is 1. The van der Waals surface area contributed by atoms with E-state index in [0.717, 1.165) is 30.6 Å². The zero-order chi connectivity index (χ0) is 25.3. The second-order valence-electron chi connectivity index (χ2n) is 11.1. The predicted octanol–water partition coefficient (Wildman–Crippen LogP) is 10.1. The van der Waals surface area contributed by atoms with E-state index in [9.17, 15) is 17.6 Å². The van der Waals surface area contributed by atoms with E-state index in [1.54, 1.807) is 6.92 Å². The second-order valence-corrected chi connectivity index (χ2v) is 11.1. The second kappa shape index (κ2) is 13.9. The molecule has 0 radical (unpaired) electrons. The van der Waals surface area contributed by atoms with Crippen molar-refractivity contribution in [2.24, 2.45) is 23.7 Å². The lowest BCUT2D eigenvalue weighted by Gasteiger charge is -2.38. The summed E-state index contributed by atoms with van der Waals surface area (Å²) in [6.07, 6.45) is 14.6. The Balaban J connectivity index is 1.37. The zero-order valence-electron chi connectivity index (χ0n) is 21.9. The molecule has 1 aromatic carbocycles. The van der Waals surface area contributed by atoms with Crippen LogP contribution in [0.3, 0.4) is 0 Å². The van der Waals surface area contributed by atoms with Gasteiger partial charge < -0.3 is 4.74 Å². The van der Waals surface area contributed by atoms with Gasteiger partial charge in [0.2, 0.25) is 0 Å². The lowest BCUT2D eigenvalue weighted by Crippen LogP contribution is -2.26. The van der Waals surface area contributed by atoms with Gasteiger partial charge in [0.05, 0.1) is 12.2 Å². The van der Waals surface area contributed by atoms with E-state index < -0.39 is 17.6 Å². The van der Waals surface area contributed by atoms with Crippen LogP contribution in [-0.2, 0) is 12.6 Å². The van der Waals surface area contributed by atoms with Crippen LogP contribution >= 0.6 is 0 Å². The van der Waals surface area contributed by atoms with Gasteiger partial charge in [-0.2, -0.15) is 13.2 Å². The molecular formula is C30H46F4O. The number of hydrogen-bond acceptors (Lipinski definition) is 1. The van der Waals surface area contributed by atoms with E-state index in [0.29, 0.717) is 12.3 Å². The monoisotopic (exact) mass is 498 g/mol. The van der Waals surface area contributed by atoms with Gasteiger partial charge in [-0.15, -0.1) is 0 Å². The van der Waals surface area contributed by atoms with Crippen molar-refractivity contribution >= 4 is 0 Å². The fourth-order valence-electron chi connectivity index (χ4n) is 6.71. The highest BCUT2D eigenvalue weighted by Crippen LogP contribution is 2.43. The number of alkyl halides is 3. The molecule has 2 aliphatic rings. The summed E-state index contributed by atoms with van der Waals surface area (Å²) in [7, 11) is 0. The Bertz CT molecular complexity index is 743. The van der Waals surface area contributed by atoms with E-state index in [4.69, 9.17) is 4.74 Å². The third-order valence-corrected chi connectivity index (χ3v) is 8.75. The van der Waals surface area contributed by atoms with Gasteiger partial charge in [-0.25, -0.2) is 4.39 Å². The van der Waals surface area contributed by atoms with Gasteiger partial charge in [0.15, 0.2) is 11.6 Å². The SMILES string of the molecule is CCCCCC1CCC(C2CCC(CCCCc3ccc(OCC)c(F)c3C(F)(F)F)CC2)CC1. The van der Waals surface area contributed by atoms with Crippen LogP contribution in [0, 0.1) is 29.5 Å². The van der Waals surface area contributed by atoms with Crippen molar-refractivity contribution in [1.82, 2.24) is 0 Å². The molecule has 35 heavy (non-hydrogen) atoms. The van der Waals surface area contributed by atoms with Crippen molar-refractivity contribution in [2.45, 2.75) is 123 Å². The van der Waals surface area contributed by atoms with Crippen LogP contribution in [0.25, 0.3) is 0 Å². The molecule has 0 aliphatic heterocycles. The van der Waals surface area contributed by atoms with Crippen LogP contribution in [0.5, 0.6) is 5.75 Å². The minimum absolute atomic E-state index is 0.0486. The van der Waals surface area contributed by atoms with Crippen LogP contribution in [-0.4, -0.2) is 6.61 Å². The molecule has 0 saturated heterocycles. The lowest BCUT2D eigenvalue weighted by atomic mass is 9.68. The molecule has 2 fully saturated rings. The summed E-state index contributed by atoms with van der Waals surface area (Å²) in [6, 6.07) is 2.73. The number of benzene rings is 1. The smallest absolute Gasteiger partial charge is 0.419 e. The molecule has 0 N–H and O–H groups in total. The highest BCUT2D eigenvalue weighted by molar-refractivity contribution is 5.39. The van der Waals surface area contributed by atoms with E-state index in [1.807, 2.05) is 0 Å². The normalized spacial score (nSPS) is 25.5. The summed E-state index contributed by atoms with van der Waals surface area (Å²) in [4.78, 5) is 0. The Hall–Kier alpha value is -1.26. The van der Waals surface area contributed by atoms with Gasteiger partial charge in [0, 0.05) is 0 Å². The topological polar surface area (TPSA) is 9.23 Å². The summed E-state index contributed by atoms with van der Waals surface area (Å²) >= 11 is 0. The Morgan fingerprint density at radius 2 is 1.31 bits per heavy atom. The van der Waals surface area contributed by atoms with Gasteiger partial charge in [-0.05, 0) is 80.8 Å². The molecule has 0 amide bonds. The Kier molecular flexibility index (Phi) is 11.2. The standard InChI is InChI=1S/C30H46F4O/c1-3-5-6-9-22-12-16-24(17-13-22)25-18-14-23(15-19-25)10-7-8-11-26-20-21-27(35-4-2)29(31)28(26)30(32,33)34/h20-25H,3-19H2,1-2H3. The first-order chi connectivity index (χ1) is 16.8. The molecule has 0 atom stereocenters. The van der Waals surface area contributed by atoms with E-state index in [-0.39, 0.29) is 24.3 Å². The maximum Gasteiger partial charge on any atom is 0.419 e. The average molecular weight is 499 g/mol. The minimum atomic E-state index is -4.71.